The molecule has 0 aromatic heterocycles. The number of carboxylic acid groups (broad SMARTS) is 1. The van der Waals surface area contributed by atoms with Crippen LogP contribution < -0.4 is 5.32 Å². The molecule has 5 nitrogen and oxygen atoms in total. The number of hydrogen-bond acceptors (Lipinski definition) is 3. The number of amides is 1. The quantitative estimate of drug-likeness (QED) is 0.641. The van der Waals surface area contributed by atoms with E-state index in [4.69, 9.17) is 5.11 Å². The third kappa shape index (κ3) is 6.70. The highest BCUT2D eigenvalue weighted by Crippen LogP contribution is 2.39. The first-order valence-corrected chi connectivity index (χ1v) is 9.17. The fourth-order valence-corrected chi connectivity index (χ4v) is 2.80. The Morgan fingerprint density at radius 3 is 1.88 bits per heavy atom. The molecule has 5 heteroatoms. The number of carboxylic acids is 1. The number of phenolic OH excluding ortho intramolecular Hbond substituents is 1. The van der Waals surface area contributed by atoms with Crippen LogP contribution in [-0.2, 0) is 26.8 Å². The molecular weight excluding hydrogens is 330 g/mol. The Balaban J connectivity index is 2.86. The van der Waals surface area contributed by atoms with Crippen molar-refractivity contribution in [3.05, 3.63) is 28.8 Å². The lowest BCUT2D eigenvalue weighted by molar-refractivity contribution is -0.137. The summed E-state index contributed by atoms with van der Waals surface area (Å²) in [6.45, 7) is 12.8. The van der Waals surface area contributed by atoms with Crippen molar-refractivity contribution >= 4 is 11.9 Å². The highest BCUT2D eigenvalue weighted by molar-refractivity contribution is 5.76. The second kappa shape index (κ2) is 8.56. The van der Waals surface area contributed by atoms with E-state index in [0.717, 1.165) is 16.7 Å². The maximum atomic E-state index is 12.0. The summed E-state index contributed by atoms with van der Waals surface area (Å²) in [5.74, 6) is -0.599. The summed E-state index contributed by atoms with van der Waals surface area (Å²) in [4.78, 5) is 22.5. The van der Waals surface area contributed by atoms with Gasteiger partial charge in [-0.05, 0) is 40.4 Å². The largest absolute Gasteiger partial charge is 0.507 e. The highest BCUT2D eigenvalue weighted by atomic mass is 16.4. The van der Waals surface area contributed by atoms with E-state index in [0.29, 0.717) is 31.6 Å². The molecule has 0 aliphatic carbocycles. The first kappa shape index (κ1) is 22.0. The van der Waals surface area contributed by atoms with Crippen LogP contribution in [0.25, 0.3) is 0 Å². The highest BCUT2D eigenvalue weighted by Gasteiger charge is 2.26. The molecule has 1 amide bonds. The zero-order valence-corrected chi connectivity index (χ0v) is 16.9. The van der Waals surface area contributed by atoms with E-state index < -0.39 is 5.97 Å². The second-order valence-corrected chi connectivity index (χ2v) is 8.89. The minimum absolute atomic E-state index is 0.0577. The first-order chi connectivity index (χ1) is 11.8. The molecule has 1 aromatic rings. The van der Waals surface area contributed by atoms with Gasteiger partial charge in [-0.25, -0.2) is 0 Å². The minimum atomic E-state index is -0.854. The molecule has 0 unspecified atom stereocenters. The summed E-state index contributed by atoms with van der Waals surface area (Å²) >= 11 is 0. The van der Waals surface area contributed by atoms with E-state index in [9.17, 15) is 14.7 Å². The number of carbonyl (C=O) groups excluding carboxylic acids is 1. The topological polar surface area (TPSA) is 86.6 Å². The number of aromatic hydroxyl groups is 1. The van der Waals surface area contributed by atoms with Crippen LogP contribution in [0.4, 0.5) is 0 Å². The molecule has 0 saturated heterocycles. The Morgan fingerprint density at radius 1 is 0.962 bits per heavy atom. The van der Waals surface area contributed by atoms with E-state index in [1.807, 2.05) is 12.1 Å². The van der Waals surface area contributed by atoms with Gasteiger partial charge in [-0.1, -0.05) is 53.7 Å². The van der Waals surface area contributed by atoms with Crippen LogP contribution in [0.3, 0.4) is 0 Å². The Hall–Kier alpha value is -2.04. The molecule has 0 spiro atoms. The average molecular weight is 363 g/mol. The van der Waals surface area contributed by atoms with Crippen LogP contribution in [0.5, 0.6) is 5.75 Å². The van der Waals surface area contributed by atoms with Gasteiger partial charge in [-0.15, -0.1) is 0 Å². The lowest BCUT2D eigenvalue weighted by Gasteiger charge is -2.28. The van der Waals surface area contributed by atoms with Crippen LogP contribution in [0.1, 0.15) is 77.5 Å². The lowest BCUT2D eigenvalue weighted by Crippen LogP contribution is -2.25. The van der Waals surface area contributed by atoms with Gasteiger partial charge in [-0.3, -0.25) is 9.59 Å². The predicted octanol–water partition coefficient (Wildman–Crippen LogP) is 3.90. The van der Waals surface area contributed by atoms with Gasteiger partial charge in [0, 0.05) is 19.4 Å². The van der Waals surface area contributed by atoms with E-state index in [-0.39, 0.29) is 23.2 Å². The van der Waals surface area contributed by atoms with Gasteiger partial charge in [0.15, 0.2) is 0 Å². The zero-order valence-electron chi connectivity index (χ0n) is 16.9. The summed E-state index contributed by atoms with van der Waals surface area (Å²) < 4.78 is 0. The Bertz CT molecular complexity index is 616. The number of nitrogens with one attached hydrogen (secondary N) is 1. The van der Waals surface area contributed by atoms with Crippen molar-refractivity contribution in [2.45, 2.75) is 78.1 Å². The van der Waals surface area contributed by atoms with Gasteiger partial charge in [-0.2, -0.15) is 0 Å². The number of aryl methyl sites for hydroxylation is 1. The second-order valence-electron chi connectivity index (χ2n) is 8.89. The standard InChI is InChI=1S/C21H33NO4/c1-20(2,3)15-12-14(13-16(19(15)26)21(4,5)6)9-10-17(23)22-11-7-8-18(24)25/h12-13,26H,7-11H2,1-6H3,(H,22,23)(H,24,25). The molecule has 146 valence electrons. The SMILES string of the molecule is CC(C)(C)c1cc(CCC(=O)NCCCC(=O)O)cc(C(C)(C)C)c1O. The Kier molecular flexibility index (Phi) is 7.25. The molecular formula is C21H33NO4. The number of hydrogen-bond donors (Lipinski definition) is 3. The predicted molar refractivity (Wildman–Crippen MR) is 104 cm³/mol. The molecule has 1 aromatic carbocycles. The average Bonchev–Trinajstić information content (AvgIpc) is 2.48. The van der Waals surface area contributed by atoms with Crippen LogP contribution >= 0.6 is 0 Å². The van der Waals surface area contributed by atoms with Crippen LogP contribution in [0.2, 0.25) is 0 Å². The monoisotopic (exact) mass is 363 g/mol. The van der Waals surface area contributed by atoms with Gasteiger partial charge >= 0.3 is 5.97 Å². The van der Waals surface area contributed by atoms with Crippen molar-refractivity contribution in [3.8, 4) is 5.75 Å². The van der Waals surface area contributed by atoms with Crippen molar-refractivity contribution in [2.75, 3.05) is 6.54 Å². The number of benzene rings is 1. The van der Waals surface area contributed by atoms with E-state index in [1.54, 1.807) is 0 Å². The number of phenols is 1. The minimum Gasteiger partial charge on any atom is -0.507 e. The Morgan fingerprint density at radius 2 is 1.46 bits per heavy atom. The van der Waals surface area contributed by atoms with Gasteiger partial charge < -0.3 is 15.5 Å². The molecule has 26 heavy (non-hydrogen) atoms. The molecule has 1 rings (SSSR count). The summed E-state index contributed by atoms with van der Waals surface area (Å²) in [6.07, 6.45) is 1.41. The Labute approximate surface area is 156 Å². The van der Waals surface area contributed by atoms with Crippen LogP contribution in [-0.4, -0.2) is 28.6 Å². The van der Waals surface area contributed by atoms with Gasteiger partial charge in [0.05, 0.1) is 0 Å². The van der Waals surface area contributed by atoms with E-state index >= 15 is 0 Å². The zero-order chi connectivity index (χ0) is 20.1. The number of rotatable bonds is 7. The van der Waals surface area contributed by atoms with E-state index in [2.05, 4.69) is 46.9 Å². The number of aliphatic carboxylic acids is 1. The molecule has 0 fully saturated rings. The first-order valence-electron chi connectivity index (χ1n) is 9.17. The fraction of sp³-hybridized carbons (Fsp3) is 0.619. The maximum absolute atomic E-state index is 12.0. The molecule has 0 bridgehead atoms. The van der Waals surface area contributed by atoms with Crippen molar-refractivity contribution in [1.82, 2.24) is 5.32 Å². The summed E-state index contributed by atoms with van der Waals surface area (Å²) in [5, 5.41) is 22.1. The van der Waals surface area contributed by atoms with Gasteiger partial charge in [0.1, 0.15) is 5.75 Å². The van der Waals surface area contributed by atoms with Crippen LogP contribution in [0.15, 0.2) is 12.1 Å². The molecule has 3 N–H and O–H groups in total. The molecule has 0 heterocycles. The van der Waals surface area contributed by atoms with Gasteiger partial charge in [0.25, 0.3) is 0 Å². The fourth-order valence-electron chi connectivity index (χ4n) is 2.80. The number of carbonyl (C=O) groups is 2. The van der Waals surface area contributed by atoms with Crippen molar-refractivity contribution in [1.29, 1.82) is 0 Å². The van der Waals surface area contributed by atoms with Crippen LogP contribution in [0, 0.1) is 0 Å². The third-order valence-corrected chi connectivity index (χ3v) is 4.32. The summed E-state index contributed by atoms with van der Waals surface area (Å²) in [7, 11) is 0. The summed E-state index contributed by atoms with van der Waals surface area (Å²) in [6, 6.07) is 3.98. The van der Waals surface area contributed by atoms with Crippen molar-refractivity contribution < 1.29 is 19.8 Å². The third-order valence-electron chi connectivity index (χ3n) is 4.32. The lowest BCUT2D eigenvalue weighted by atomic mass is 9.78. The normalized spacial score (nSPS) is 12.1. The summed E-state index contributed by atoms with van der Waals surface area (Å²) in [5.41, 5.74) is 2.42. The maximum Gasteiger partial charge on any atom is 0.303 e. The van der Waals surface area contributed by atoms with Crippen molar-refractivity contribution in [3.63, 3.8) is 0 Å². The van der Waals surface area contributed by atoms with Gasteiger partial charge in [0.2, 0.25) is 5.91 Å². The van der Waals surface area contributed by atoms with Crippen molar-refractivity contribution in [2.24, 2.45) is 0 Å². The van der Waals surface area contributed by atoms with E-state index in [1.165, 1.54) is 0 Å². The molecule has 0 aliphatic rings. The molecule has 0 atom stereocenters. The molecule has 0 aliphatic heterocycles. The molecule has 0 radical (unpaired) electrons. The smallest absolute Gasteiger partial charge is 0.303 e. The molecule has 0 saturated carbocycles.